The largest absolute Gasteiger partial charge is 0.331 e. The molecule has 4 heteroatoms. The number of carbonyl (C=O) groups excluding carboxylic acids is 1. The normalized spacial score (nSPS) is 18.1. The molecule has 110 valence electrons. The Bertz CT molecular complexity index is 609. The van der Waals surface area contributed by atoms with Crippen molar-refractivity contribution in [2.24, 2.45) is 5.73 Å². The Balaban J connectivity index is 1.88. The summed E-state index contributed by atoms with van der Waals surface area (Å²) in [6.45, 7) is 1.41. The van der Waals surface area contributed by atoms with E-state index in [2.05, 4.69) is 17.5 Å². The van der Waals surface area contributed by atoms with E-state index in [0.717, 1.165) is 36.9 Å². The minimum absolute atomic E-state index is 0.148. The third kappa shape index (κ3) is 2.87. The number of hydrogen-bond donors (Lipinski definition) is 1. The average Bonchev–Trinajstić information content (AvgIpc) is 3.18. The number of carbonyl (C=O) groups is 1. The summed E-state index contributed by atoms with van der Waals surface area (Å²) in [7, 11) is 0. The molecule has 1 saturated heterocycles. The number of nitrogens with two attached hydrogens (primary N) is 1. The molecule has 1 amide bonds. The third-order valence-corrected chi connectivity index (χ3v) is 5.02. The van der Waals surface area contributed by atoms with E-state index in [1.807, 2.05) is 29.2 Å². The molecular formula is C17H20N2OS. The molecule has 0 aliphatic carbocycles. The highest BCUT2D eigenvalue weighted by Crippen LogP contribution is 2.35. The molecule has 1 fully saturated rings. The van der Waals surface area contributed by atoms with Crippen molar-refractivity contribution in [2.45, 2.75) is 25.3 Å². The Morgan fingerprint density at radius 1 is 1.29 bits per heavy atom. The summed E-state index contributed by atoms with van der Waals surface area (Å²) in [4.78, 5) is 16.3. The van der Waals surface area contributed by atoms with Gasteiger partial charge in [-0.2, -0.15) is 0 Å². The summed E-state index contributed by atoms with van der Waals surface area (Å²) in [6.07, 6.45) is 2.89. The van der Waals surface area contributed by atoms with Crippen LogP contribution in [0, 0.1) is 0 Å². The van der Waals surface area contributed by atoms with Crippen molar-refractivity contribution in [3.05, 3.63) is 57.8 Å². The molecule has 2 heterocycles. The summed E-state index contributed by atoms with van der Waals surface area (Å²) >= 11 is 1.74. The fourth-order valence-electron chi connectivity index (χ4n) is 3.04. The molecule has 2 aromatic rings. The van der Waals surface area contributed by atoms with Crippen molar-refractivity contribution in [3.63, 3.8) is 0 Å². The van der Waals surface area contributed by atoms with Crippen LogP contribution in [0.1, 0.15) is 39.7 Å². The summed E-state index contributed by atoms with van der Waals surface area (Å²) < 4.78 is 0. The lowest BCUT2D eigenvalue weighted by Gasteiger charge is -2.25. The number of amides is 1. The van der Waals surface area contributed by atoms with Crippen LogP contribution in [0.4, 0.5) is 0 Å². The number of thiophene rings is 1. The zero-order valence-electron chi connectivity index (χ0n) is 12.0. The van der Waals surface area contributed by atoms with Gasteiger partial charge in [-0.3, -0.25) is 4.79 Å². The SMILES string of the molecule is NCCc1ccccc1C(=O)N1CCCC1c1cccs1. The van der Waals surface area contributed by atoms with Crippen LogP contribution in [0.15, 0.2) is 41.8 Å². The predicted molar refractivity (Wildman–Crippen MR) is 86.5 cm³/mol. The van der Waals surface area contributed by atoms with Gasteiger partial charge in [-0.15, -0.1) is 11.3 Å². The molecule has 1 aromatic heterocycles. The van der Waals surface area contributed by atoms with Gasteiger partial charge in [-0.1, -0.05) is 24.3 Å². The van der Waals surface area contributed by atoms with Crippen LogP contribution in [0.25, 0.3) is 0 Å². The molecule has 2 N–H and O–H groups in total. The first-order valence-electron chi connectivity index (χ1n) is 7.43. The molecule has 3 rings (SSSR count). The van der Waals surface area contributed by atoms with Crippen LogP contribution in [-0.4, -0.2) is 23.9 Å². The van der Waals surface area contributed by atoms with Gasteiger partial charge in [0.15, 0.2) is 0 Å². The predicted octanol–water partition coefficient (Wildman–Crippen LogP) is 3.23. The lowest BCUT2D eigenvalue weighted by Crippen LogP contribution is -2.31. The third-order valence-electron chi connectivity index (χ3n) is 4.05. The maximum atomic E-state index is 12.9. The minimum atomic E-state index is 0.148. The fourth-order valence-corrected chi connectivity index (χ4v) is 3.92. The molecule has 3 nitrogen and oxygen atoms in total. The highest BCUT2D eigenvalue weighted by atomic mass is 32.1. The topological polar surface area (TPSA) is 46.3 Å². The van der Waals surface area contributed by atoms with E-state index in [1.165, 1.54) is 4.88 Å². The van der Waals surface area contributed by atoms with Crippen LogP contribution >= 0.6 is 11.3 Å². The van der Waals surface area contributed by atoms with E-state index < -0.39 is 0 Å². The summed E-state index contributed by atoms with van der Waals surface area (Å²) in [6, 6.07) is 12.3. The second kappa shape index (κ2) is 6.41. The first-order chi connectivity index (χ1) is 10.3. The molecule has 0 saturated carbocycles. The first kappa shape index (κ1) is 14.3. The Hall–Kier alpha value is -1.65. The highest BCUT2D eigenvalue weighted by Gasteiger charge is 2.31. The van der Waals surface area contributed by atoms with Crippen LogP contribution in [0.2, 0.25) is 0 Å². The van der Waals surface area contributed by atoms with Crippen LogP contribution in [0.3, 0.4) is 0 Å². The van der Waals surface area contributed by atoms with E-state index in [1.54, 1.807) is 11.3 Å². The summed E-state index contributed by atoms with van der Waals surface area (Å²) in [5.41, 5.74) is 7.53. The number of nitrogens with zero attached hydrogens (tertiary/aromatic N) is 1. The smallest absolute Gasteiger partial charge is 0.254 e. The zero-order chi connectivity index (χ0) is 14.7. The number of hydrogen-bond acceptors (Lipinski definition) is 3. The molecule has 1 aliphatic rings. The molecule has 1 aliphatic heterocycles. The van der Waals surface area contributed by atoms with E-state index in [9.17, 15) is 4.79 Å². The molecule has 0 bridgehead atoms. The molecule has 21 heavy (non-hydrogen) atoms. The fraction of sp³-hybridized carbons (Fsp3) is 0.353. The van der Waals surface area contributed by atoms with E-state index >= 15 is 0 Å². The molecule has 0 spiro atoms. The molecule has 0 radical (unpaired) electrons. The summed E-state index contributed by atoms with van der Waals surface area (Å²) in [5, 5.41) is 2.08. The minimum Gasteiger partial charge on any atom is -0.331 e. The standard InChI is InChI=1S/C17H20N2OS/c18-10-9-13-5-1-2-6-14(13)17(20)19-11-3-7-15(19)16-8-4-12-21-16/h1-2,4-6,8,12,15H,3,7,9-11,18H2. The second-order valence-electron chi connectivity index (χ2n) is 5.37. The van der Waals surface area contributed by atoms with E-state index in [0.29, 0.717) is 6.54 Å². The van der Waals surface area contributed by atoms with Crippen LogP contribution in [0.5, 0.6) is 0 Å². The lowest BCUT2D eigenvalue weighted by atomic mass is 10.0. The second-order valence-corrected chi connectivity index (χ2v) is 6.35. The molecule has 1 aromatic carbocycles. The Kier molecular flexibility index (Phi) is 4.36. The van der Waals surface area contributed by atoms with Crippen molar-refractivity contribution < 1.29 is 4.79 Å². The highest BCUT2D eigenvalue weighted by molar-refractivity contribution is 7.10. The van der Waals surface area contributed by atoms with Crippen molar-refractivity contribution in [1.29, 1.82) is 0 Å². The first-order valence-corrected chi connectivity index (χ1v) is 8.31. The quantitative estimate of drug-likeness (QED) is 0.942. The average molecular weight is 300 g/mol. The van der Waals surface area contributed by atoms with Gasteiger partial charge in [-0.25, -0.2) is 0 Å². The molecular weight excluding hydrogens is 280 g/mol. The van der Waals surface area contributed by atoms with Gasteiger partial charge in [0.1, 0.15) is 0 Å². The Morgan fingerprint density at radius 2 is 2.14 bits per heavy atom. The molecule has 1 unspecified atom stereocenters. The van der Waals surface area contributed by atoms with Crippen molar-refractivity contribution in [3.8, 4) is 0 Å². The number of rotatable bonds is 4. The van der Waals surface area contributed by atoms with E-state index in [-0.39, 0.29) is 11.9 Å². The molecule has 1 atom stereocenters. The van der Waals surface area contributed by atoms with Crippen molar-refractivity contribution in [2.75, 3.05) is 13.1 Å². The van der Waals surface area contributed by atoms with Gasteiger partial charge < -0.3 is 10.6 Å². The maximum absolute atomic E-state index is 12.9. The van der Waals surface area contributed by atoms with Gasteiger partial charge >= 0.3 is 0 Å². The van der Waals surface area contributed by atoms with Crippen molar-refractivity contribution >= 4 is 17.2 Å². The number of likely N-dealkylation sites (tertiary alicyclic amines) is 1. The van der Waals surface area contributed by atoms with Gasteiger partial charge in [0.25, 0.3) is 5.91 Å². The Labute approximate surface area is 129 Å². The van der Waals surface area contributed by atoms with E-state index in [4.69, 9.17) is 5.73 Å². The number of benzene rings is 1. The van der Waals surface area contributed by atoms with Gasteiger partial charge in [0.2, 0.25) is 0 Å². The lowest BCUT2D eigenvalue weighted by molar-refractivity contribution is 0.0737. The van der Waals surface area contributed by atoms with Crippen molar-refractivity contribution in [1.82, 2.24) is 4.90 Å². The van der Waals surface area contributed by atoms with Crippen LogP contribution < -0.4 is 5.73 Å². The van der Waals surface area contributed by atoms with Crippen LogP contribution in [-0.2, 0) is 6.42 Å². The Morgan fingerprint density at radius 3 is 2.90 bits per heavy atom. The van der Waals surface area contributed by atoms with Gasteiger partial charge in [0, 0.05) is 17.0 Å². The van der Waals surface area contributed by atoms with Gasteiger partial charge in [-0.05, 0) is 48.9 Å². The maximum Gasteiger partial charge on any atom is 0.254 e. The zero-order valence-corrected chi connectivity index (χ0v) is 12.8. The monoisotopic (exact) mass is 300 g/mol. The summed E-state index contributed by atoms with van der Waals surface area (Å²) in [5.74, 6) is 0.148. The van der Waals surface area contributed by atoms with Gasteiger partial charge in [0.05, 0.1) is 6.04 Å².